The van der Waals surface area contributed by atoms with Gasteiger partial charge < -0.3 is 19.7 Å². The third kappa shape index (κ3) is 6.71. The number of benzene rings is 1. The number of ether oxygens (including phenoxy) is 2. The molecule has 1 unspecified atom stereocenters. The summed E-state index contributed by atoms with van der Waals surface area (Å²) < 4.78 is 10.8. The Hall–Kier alpha value is -1.22. The molecule has 1 aliphatic rings. The van der Waals surface area contributed by atoms with E-state index in [0.29, 0.717) is 6.04 Å². The van der Waals surface area contributed by atoms with Crippen molar-refractivity contribution in [2.24, 2.45) is 4.99 Å². The van der Waals surface area contributed by atoms with Crippen molar-refractivity contribution in [1.29, 1.82) is 0 Å². The Balaban J connectivity index is 0.00000364. The zero-order valence-corrected chi connectivity index (χ0v) is 19.7. The van der Waals surface area contributed by atoms with Gasteiger partial charge in [-0.25, -0.2) is 0 Å². The first-order chi connectivity index (χ1) is 12.6. The first kappa shape index (κ1) is 23.8. The number of halogens is 1. The fourth-order valence-corrected chi connectivity index (χ4v) is 3.61. The molecule has 2 rings (SSSR count). The van der Waals surface area contributed by atoms with E-state index in [4.69, 9.17) is 9.47 Å². The van der Waals surface area contributed by atoms with Crippen LogP contribution in [0.1, 0.15) is 31.7 Å². The average molecular weight is 490 g/mol. The first-order valence-electron chi connectivity index (χ1n) is 9.49. The molecule has 1 fully saturated rings. The van der Waals surface area contributed by atoms with Gasteiger partial charge in [-0.1, -0.05) is 13.3 Å². The maximum absolute atomic E-state index is 5.51. The summed E-state index contributed by atoms with van der Waals surface area (Å²) in [5.41, 5.74) is 1.10. The number of aliphatic imine (C=N–C) groups is 1. The average Bonchev–Trinajstić information content (AvgIpc) is 2.69. The van der Waals surface area contributed by atoms with E-state index in [1.807, 2.05) is 25.2 Å². The molecule has 7 heteroatoms. The Morgan fingerprint density at radius 2 is 2.07 bits per heavy atom. The lowest BCUT2D eigenvalue weighted by atomic mass is 10.0. The fraction of sp³-hybridized carbons (Fsp3) is 0.650. The van der Waals surface area contributed by atoms with E-state index in [1.54, 1.807) is 14.2 Å². The maximum atomic E-state index is 5.51. The Labute approximate surface area is 181 Å². The van der Waals surface area contributed by atoms with E-state index in [2.05, 4.69) is 34.1 Å². The van der Waals surface area contributed by atoms with E-state index < -0.39 is 0 Å². The highest BCUT2D eigenvalue weighted by molar-refractivity contribution is 14.0. The van der Waals surface area contributed by atoms with Crippen LogP contribution in [0.2, 0.25) is 0 Å². The highest BCUT2D eigenvalue weighted by Crippen LogP contribution is 2.25. The number of piperidine rings is 1. The van der Waals surface area contributed by atoms with Crippen molar-refractivity contribution in [3.63, 3.8) is 0 Å². The van der Waals surface area contributed by atoms with Crippen LogP contribution in [0.25, 0.3) is 0 Å². The highest BCUT2D eigenvalue weighted by Gasteiger charge is 2.21. The number of likely N-dealkylation sites (N-methyl/N-ethyl adjacent to an activating group) is 1. The van der Waals surface area contributed by atoms with Crippen LogP contribution >= 0.6 is 24.0 Å². The number of likely N-dealkylation sites (tertiary alicyclic amines) is 1. The number of methoxy groups -OCH3 is 2. The molecule has 1 aromatic rings. The van der Waals surface area contributed by atoms with Crippen LogP contribution in [-0.4, -0.2) is 69.8 Å². The van der Waals surface area contributed by atoms with Crippen LogP contribution in [0, 0.1) is 0 Å². The van der Waals surface area contributed by atoms with E-state index in [0.717, 1.165) is 42.7 Å². The number of rotatable bonds is 7. The highest BCUT2D eigenvalue weighted by atomic mass is 127. The summed E-state index contributed by atoms with van der Waals surface area (Å²) in [7, 11) is 7.24. The summed E-state index contributed by atoms with van der Waals surface area (Å²) in [4.78, 5) is 9.15. The molecular weight excluding hydrogens is 455 g/mol. The molecule has 154 valence electrons. The quantitative estimate of drug-likeness (QED) is 0.362. The molecule has 1 heterocycles. The second-order valence-electron chi connectivity index (χ2n) is 6.74. The monoisotopic (exact) mass is 490 g/mol. The van der Waals surface area contributed by atoms with Crippen LogP contribution < -0.4 is 14.8 Å². The predicted molar refractivity (Wildman–Crippen MR) is 123 cm³/mol. The topological polar surface area (TPSA) is 49.3 Å². The molecule has 0 bridgehead atoms. The smallest absolute Gasteiger partial charge is 0.193 e. The lowest BCUT2D eigenvalue weighted by molar-refractivity contribution is 0.156. The third-order valence-corrected chi connectivity index (χ3v) is 5.13. The molecule has 1 aliphatic heterocycles. The van der Waals surface area contributed by atoms with Crippen molar-refractivity contribution in [3.8, 4) is 11.5 Å². The predicted octanol–water partition coefficient (Wildman–Crippen LogP) is 3.20. The summed E-state index contributed by atoms with van der Waals surface area (Å²) in [6.45, 7) is 6.22. The summed E-state index contributed by atoms with van der Waals surface area (Å²) in [6.07, 6.45) is 3.89. The summed E-state index contributed by atoms with van der Waals surface area (Å²) >= 11 is 0. The van der Waals surface area contributed by atoms with Crippen LogP contribution in [0.3, 0.4) is 0 Å². The third-order valence-electron chi connectivity index (χ3n) is 5.13. The zero-order chi connectivity index (χ0) is 18.9. The molecule has 0 aliphatic carbocycles. The van der Waals surface area contributed by atoms with E-state index >= 15 is 0 Å². The van der Waals surface area contributed by atoms with Gasteiger partial charge in [0.2, 0.25) is 0 Å². The van der Waals surface area contributed by atoms with Crippen molar-refractivity contribution in [2.45, 2.75) is 38.8 Å². The number of hydrogen-bond acceptors (Lipinski definition) is 4. The molecule has 1 N–H and O–H groups in total. The molecule has 1 saturated heterocycles. The van der Waals surface area contributed by atoms with Crippen molar-refractivity contribution >= 4 is 29.9 Å². The standard InChI is InChI=1S/C20H34N4O2.HI/c1-6-24-12-8-7-9-17(24)14-22-20(21-2)23(3)15-16-10-11-18(25-4)13-19(16)26-5;/h10-11,13,17H,6-9,12,14-15H2,1-5H3,(H,21,22);1H. The Kier molecular flexibility index (Phi) is 10.8. The van der Waals surface area contributed by atoms with Gasteiger partial charge in [0.15, 0.2) is 5.96 Å². The number of nitrogens with one attached hydrogen (secondary N) is 1. The molecule has 0 saturated carbocycles. The molecular formula is C20H35IN4O2. The van der Waals surface area contributed by atoms with Crippen molar-refractivity contribution in [1.82, 2.24) is 15.1 Å². The maximum Gasteiger partial charge on any atom is 0.193 e. The molecule has 0 spiro atoms. The van der Waals surface area contributed by atoms with Crippen molar-refractivity contribution in [3.05, 3.63) is 23.8 Å². The van der Waals surface area contributed by atoms with Gasteiger partial charge in [0.1, 0.15) is 11.5 Å². The molecule has 6 nitrogen and oxygen atoms in total. The number of guanidine groups is 1. The molecule has 1 aromatic carbocycles. The minimum absolute atomic E-state index is 0. The Morgan fingerprint density at radius 1 is 1.30 bits per heavy atom. The molecule has 0 aromatic heterocycles. The van der Waals surface area contributed by atoms with Gasteiger partial charge in [0, 0.05) is 44.9 Å². The lowest BCUT2D eigenvalue weighted by Crippen LogP contribution is -2.49. The Morgan fingerprint density at radius 3 is 2.70 bits per heavy atom. The fourth-order valence-electron chi connectivity index (χ4n) is 3.61. The second-order valence-corrected chi connectivity index (χ2v) is 6.74. The molecule has 27 heavy (non-hydrogen) atoms. The van der Waals surface area contributed by atoms with Gasteiger partial charge in [0.05, 0.1) is 14.2 Å². The van der Waals surface area contributed by atoms with E-state index in [9.17, 15) is 0 Å². The van der Waals surface area contributed by atoms with E-state index in [-0.39, 0.29) is 24.0 Å². The van der Waals surface area contributed by atoms with E-state index in [1.165, 1.54) is 25.8 Å². The second kappa shape index (κ2) is 12.3. The molecule has 0 radical (unpaired) electrons. The van der Waals surface area contributed by atoms with Crippen molar-refractivity contribution in [2.75, 3.05) is 47.9 Å². The van der Waals surface area contributed by atoms with Crippen LogP contribution in [0.4, 0.5) is 0 Å². The molecule has 1 atom stereocenters. The Bertz CT molecular complexity index is 597. The van der Waals surface area contributed by atoms with Crippen molar-refractivity contribution < 1.29 is 9.47 Å². The molecule has 0 amide bonds. The largest absolute Gasteiger partial charge is 0.497 e. The van der Waals surface area contributed by atoms with Gasteiger partial charge in [-0.15, -0.1) is 24.0 Å². The SMILES string of the molecule is CCN1CCCCC1CNC(=NC)N(C)Cc1ccc(OC)cc1OC.I. The van der Waals surface area contributed by atoms with Gasteiger partial charge >= 0.3 is 0 Å². The summed E-state index contributed by atoms with van der Waals surface area (Å²) in [6, 6.07) is 6.51. The first-order valence-corrected chi connectivity index (χ1v) is 9.49. The number of hydrogen-bond donors (Lipinski definition) is 1. The minimum Gasteiger partial charge on any atom is -0.497 e. The minimum atomic E-state index is 0. The van der Waals surface area contributed by atoms with Gasteiger partial charge in [-0.05, 0) is 38.1 Å². The van der Waals surface area contributed by atoms with Gasteiger partial charge in [-0.2, -0.15) is 0 Å². The van der Waals surface area contributed by atoms with Crippen LogP contribution in [0.15, 0.2) is 23.2 Å². The van der Waals surface area contributed by atoms with Crippen LogP contribution in [-0.2, 0) is 6.54 Å². The van der Waals surface area contributed by atoms with Gasteiger partial charge in [-0.3, -0.25) is 9.89 Å². The summed E-state index contributed by atoms with van der Waals surface area (Å²) in [5.74, 6) is 2.54. The normalized spacial score (nSPS) is 17.8. The van der Waals surface area contributed by atoms with Crippen LogP contribution in [0.5, 0.6) is 11.5 Å². The zero-order valence-electron chi connectivity index (χ0n) is 17.3. The lowest BCUT2D eigenvalue weighted by Gasteiger charge is -2.35. The summed E-state index contributed by atoms with van der Waals surface area (Å²) in [5, 5.41) is 3.55. The van der Waals surface area contributed by atoms with Gasteiger partial charge in [0.25, 0.3) is 0 Å². The number of nitrogens with zero attached hydrogens (tertiary/aromatic N) is 3.